The van der Waals surface area contributed by atoms with E-state index >= 15 is 0 Å². The van der Waals surface area contributed by atoms with Crippen molar-refractivity contribution < 1.29 is 23.5 Å². The maximum Gasteiger partial charge on any atom is 0.311 e. The Hall–Kier alpha value is -2.44. The van der Waals surface area contributed by atoms with Gasteiger partial charge in [-0.2, -0.15) is 0 Å². The lowest BCUT2D eigenvalue weighted by Crippen LogP contribution is -2.60. The lowest BCUT2D eigenvalue weighted by atomic mass is 9.53. The monoisotopic (exact) mass is 414 g/mol. The van der Waals surface area contributed by atoms with Gasteiger partial charge in [-0.1, -0.05) is 12.1 Å². The normalized spacial score (nSPS) is 34.3. The first kappa shape index (κ1) is 19.5. The summed E-state index contributed by atoms with van der Waals surface area (Å²) < 4.78 is 19.2. The van der Waals surface area contributed by atoms with Crippen LogP contribution in [0.1, 0.15) is 44.9 Å². The van der Waals surface area contributed by atoms with Crippen molar-refractivity contribution in [1.82, 2.24) is 5.32 Å². The summed E-state index contributed by atoms with van der Waals surface area (Å²) >= 11 is 0. The number of anilines is 1. The van der Waals surface area contributed by atoms with Gasteiger partial charge in [0.1, 0.15) is 5.82 Å². The first-order chi connectivity index (χ1) is 14.4. The van der Waals surface area contributed by atoms with Crippen LogP contribution >= 0.6 is 0 Å². The number of ether oxygens (including phenoxy) is 1. The Labute approximate surface area is 175 Å². The lowest BCUT2D eigenvalue weighted by Gasteiger charge is -2.56. The van der Waals surface area contributed by atoms with Gasteiger partial charge in [0.25, 0.3) is 5.91 Å². The number of esters is 1. The summed E-state index contributed by atoms with van der Waals surface area (Å²) in [7, 11) is 0. The van der Waals surface area contributed by atoms with Crippen LogP contribution in [0.3, 0.4) is 0 Å². The molecule has 6 nitrogen and oxygen atoms in total. The summed E-state index contributed by atoms with van der Waals surface area (Å²) in [6.07, 6.45) is 6.94. The standard InChI is InChI=1S/C23H27FN2O4/c24-18-3-1-2-4-19(18)26-12-17(8-21(26)28)22(29)30-13-20(27)25-23-9-14-5-15(10-23)7-16(6-14)11-23/h1-4,14-17H,5-13H2,(H,25,27)/t14?,15?,16?,17-,23?/m1/s1. The molecule has 1 saturated heterocycles. The van der Waals surface area contributed by atoms with E-state index in [1.54, 1.807) is 12.1 Å². The smallest absolute Gasteiger partial charge is 0.311 e. The van der Waals surface area contributed by atoms with Crippen LogP contribution in [0, 0.1) is 29.5 Å². The molecule has 7 heteroatoms. The van der Waals surface area contributed by atoms with Gasteiger partial charge >= 0.3 is 5.97 Å². The van der Waals surface area contributed by atoms with Crippen LogP contribution < -0.4 is 10.2 Å². The van der Waals surface area contributed by atoms with Crippen LogP contribution in [0.25, 0.3) is 0 Å². The molecule has 1 atom stereocenters. The van der Waals surface area contributed by atoms with Gasteiger partial charge in [-0.25, -0.2) is 4.39 Å². The molecule has 5 aliphatic rings. The molecule has 30 heavy (non-hydrogen) atoms. The number of rotatable bonds is 5. The Bertz CT molecular complexity index is 850. The first-order valence-corrected chi connectivity index (χ1v) is 10.9. The number of hydrogen-bond donors (Lipinski definition) is 1. The number of hydrogen-bond acceptors (Lipinski definition) is 4. The molecule has 2 amide bonds. The van der Waals surface area contributed by atoms with E-state index in [2.05, 4.69) is 5.32 Å². The molecule has 4 aliphatic carbocycles. The van der Waals surface area contributed by atoms with Crippen LogP contribution in [0.4, 0.5) is 10.1 Å². The van der Waals surface area contributed by atoms with Crippen molar-refractivity contribution in [2.45, 2.75) is 50.5 Å². The number of carbonyl (C=O) groups excluding carboxylic acids is 3. The molecule has 0 spiro atoms. The molecule has 0 radical (unpaired) electrons. The van der Waals surface area contributed by atoms with Crippen molar-refractivity contribution in [3.8, 4) is 0 Å². The van der Waals surface area contributed by atoms with E-state index in [0.29, 0.717) is 17.8 Å². The van der Waals surface area contributed by atoms with Crippen molar-refractivity contribution in [2.24, 2.45) is 23.7 Å². The summed E-state index contributed by atoms with van der Waals surface area (Å²) in [6.45, 7) is -0.264. The highest BCUT2D eigenvalue weighted by Gasteiger charge is 2.51. The lowest BCUT2D eigenvalue weighted by molar-refractivity contribution is -0.153. The largest absolute Gasteiger partial charge is 0.455 e. The minimum absolute atomic E-state index is 0.0379. The second-order valence-electron chi connectivity index (χ2n) is 9.71. The van der Waals surface area contributed by atoms with Crippen molar-refractivity contribution in [3.05, 3.63) is 30.1 Å². The SMILES string of the molecule is O=C(COC(=O)[C@@H]1CC(=O)N(c2ccccc2F)C1)NC12CC3CC(CC(C3)C1)C2. The number of amides is 2. The summed E-state index contributed by atoms with van der Waals surface area (Å²) in [5.41, 5.74) is 0.0424. The second kappa shape index (κ2) is 7.36. The average Bonchev–Trinajstić information content (AvgIpc) is 3.06. The van der Waals surface area contributed by atoms with Crippen molar-refractivity contribution in [3.63, 3.8) is 0 Å². The van der Waals surface area contributed by atoms with Crippen LogP contribution in [-0.2, 0) is 19.1 Å². The van der Waals surface area contributed by atoms with Crippen molar-refractivity contribution in [2.75, 3.05) is 18.1 Å². The van der Waals surface area contributed by atoms with Gasteiger partial charge in [-0.15, -0.1) is 0 Å². The molecule has 1 heterocycles. The van der Waals surface area contributed by atoms with E-state index in [1.165, 1.54) is 36.3 Å². The van der Waals surface area contributed by atoms with Crippen LogP contribution in [0.15, 0.2) is 24.3 Å². The molecule has 1 N–H and O–H groups in total. The highest BCUT2D eigenvalue weighted by molar-refractivity contribution is 5.99. The van der Waals surface area contributed by atoms with E-state index in [9.17, 15) is 18.8 Å². The summed E-state index contributed by atoms with van der Waals surface area (Å²) in [5, 5.41) is 3.18. The fourth-order valence-electron chi connectivity index (χ4n) is 6.62. The molecule has 5 fully saturated rings. The minimum Gasteiger partial charge on any atom is -0.455 e. The van der Waals surface area contributed by atoms with Crippen LogP contribution in [0.5, 0.6) is 0 Å². The maximum absolute atomic E-state index is 14.0. The highest BCUT2D eigenvalue weighted by atomic mass is 19.1. The predicted octanol–water partition coefficient (Wildman–Crippen LogP) is 2.81. The van der Waals surface area contributed by atoms with Gasteiger partial charge in [-0.3, -0.25) is 14.4 Å². The molecule has 0 unspecified atom stereocenters. The molecule has 1 aromatic rings. The van der Waals surface area contributed by atoms with Crippen molar-refractivity contribution >= 4 is 23.5 Å². The third-order valence-electron chi connectivity index (χ3n) is 7.39. The van der Waals surface area contributed by atoms with Gasteiger partial charge in [-0.05, 0) is 68.4 Å². The van der Waals surface area contributed by atoms with Gasteiger partial charge < -0.3 is 15.0 Å². The van der Waals surface area contributed by atoms with Gasteiger partial charge in [0.05, 0.1) is 11.6 Å². The molecular weight excluding hydrogens is 387 g/mol. The van der Waals surface area contributed by atoms with Crippen molar-refractivity contribution in [1.29, 1.82) is 0 Å². The minimum atomic E-state index is -0.690. The Morgan fingerprint density at radius 2 is 1.73 bits per heavy atom. The predicted molar refractivity (Wildman–Crippen MR) is 107 cm³/mol. The number of benzene rings is 1. The van der Waals surface area contributed by atoms with Crippen LogP contribution in [0.2, 0.25) is 0 Å². The van der Waals surface area contributed by atoms with E-state index in [-0.39, 0.29) is 42.6 Å². The summed E-state index contributed by atoms with van der Waals surface area (Å²) in [6, 6.07) is 5.99. The summed E-state index contributed by atoms with van der Waals surface area (Å²) in [5.74, 6) is -0.211. The van der Waals surface area contributed by atoms with Gasteiger partial charge in [0.15, 0.2) is 6.61 Å². The quantitative estimate of drug-likeness (QED) is 0.752. The van der Waals surface area contributed by atoms with E-state index in [1.807, 2.05) is 0 Å². The Morgan fingerprint density at radius 3 is 2.37 bits per heavy atom. The number of halogens is 1. The number of para-hydroxylation sites is 1. The molecule has 160 valence electrons. The Balaban J connectivity index is 1.15. The molecule has 0 aromatic heterocycles. The molecular formula is C23H27FN2O4. The van der Waals surface area contributed by atoms with E-state index in [4.69, 9.17) is 4.74 Å². The maximum atomic E-state index is 14.0. The molecule has 4 saturated carbocycles. The summed E-state index contributed by atoms with van der Waals surface area (Å²) in [4.78, 5) is 38.5. The second-order valence-corrected chi connectivity index (χ2v) is 9.71. The Morgan fingerprint density at radius 1 is 1.10 bits per heavy atom. The molecule has 1 aliphatic heterocycles. The third-order valence-corrected chi connectivity index (χ3v) is 7.39. The number of nitrogens with one attached hydrogen (secondary N) is 1. The highest BCUT2D eigenvalue weighted by Crippen LogP contribution is 2.55. The average molecular weight is 414 g/mol. The fourth-order valence-corrected chi connectivity index (χ4v) is 6.62. The van der Waals surface area contributed by atoms with Gasteiger partial charge in [0.2, 0.25) is 5.91 Å². The zero-order valence-corrected chi connectivity index (χ0v) is 16.9. The number of nitrogens with zero attached hydrogens (tertiary/aromatic N) is 1. The fraction of sp³-hybridized carbons (Fsp3) is 0.609. The van der Waals surface area contributed by atoms with E-state index in [0.717, 1.165) is 19.3 Å². The third kappa shape index (κ3) is 3.59. The zero-order valence-electron chi connectivity index (χ0n) is 16.9. The molecule has 4 bridgehead atoms. The first-order valence-electron chi connectivity index (χ1n) is 10.9. The Kier molecular flexibility index (Phi) is 4.79. The number of carbonyl (C=O) groups is 3. The van der Waals surface area contributed by atoms with Crippen LogP contribution in [-0.4, -0.2) is 36.5 Å². The van der Waals surface area contributed by atoms with Gasteiger partial charge in [0, 0.05) is 18.5 Å². The topological polar surface area (TPSA) is 75.7 Å². The van der Waals surface area contributed by atoms with E-state index < -0.39 is 17.7 Å². The zero-order chi connectivity index (χ0) is 20.9. The molecule has 1 aromatic carbocycles. The molecule has 6 rings (SSSR count).